The molecular weight excluding hydrogens is 204 g/mol. The van der Waals surface area contributed by atoms with Crippen molar-refractivity contribution >= 4 is 5.57 Å². The Bertz CT molecular complexity index is 413. The van der Waals surface area contributed by atoms with E-state index in [1.54, 1.807) is 11.1 Å². The number of unbranched alkanes of at least 4 members (excludes halogenated alkanes) is 1. The molecule has 0 amide bonds. The summed E-state index contributed by atoms with van der Waals surface area (Å²) in [6, 6.07) is 11.1. The molecule has 0 unspecified atom stereocenters. The molecule has 2 aliphatic carbocycles. The number of rotatable bonds is 4. The Labute approximate surface area is 105 Å². The molecule has 90 valence electrons. The monoisotopic (exact) mass is 226 g/mol. The maximum atomic E-state index is 2.30. The summed E-state index contributed by atoms with van der Waals surface area (Å²) < 4.78 is 0. The minimum Gasteiger partial charge on any atom is -0.0654 e. The molecular formula is C17H22. The first-order chi connectivity index (χ1) is 8.42. The Morgan fingerprint density at radius 3 is 2.59 bits per heavy atom. The Morgan fingerprint density at radius 1 is 1.06 bits per heavy atom. The van der Waals surface area contributed by atoms with E-state index >= 15 is 0 Å². The van der Waals surface area contributed by atoms with E-state index in [2.05, 4.69) is 37.3 Å². The van der Waals surface area contributed by atoms with Gasteiger partial charge in [0.25, 0.3) is 0 Å². The van der Waals surface area contributed by atoms with Gasteiger partial charge in [0.1, 0.15) is 0 Å². The maximum Gasteiger partial charge on any atom is -0.00905 e. The van der Waals surface area contributed by atoms with Gasteiger partial charge in [0.2, 0.25) is 0 Å². The van der Waals surface area contributed by atoms with E-state index < -0.39 is 0 Å². The Kier molecular flexibility index (Phi) is 3.05. The highest BCUT2D eigenvalue weighted by Crippen LogP contribution is 2.56. The smallest absolute Gasteiger partial charge is 0.00905 e. The molecule has 0 saturated heterocycles. The molecule has 0 aliphatic heterocycles. The predicted octanol–water partition coefficient (Wildman–Crippen LogP) is 5.06. The summed E-state index contributed by atoms with van der Waals surface area (Å²) in [6.45, 7) is 2.30. The molecule has 0 aromatic heterocycles. The number of hydrogen-bond acceptors (Lipinski definition) is 0. The molecule has 0 nitrogen and oxygen atoms in total. The number of fused-ring (bicyclic) bond motifs is 1. The third-order valence-electron chi connectivity index (χ3n) is 4.56. The fourth-order valence-corrected chi connectivity index (χ4v) is 3.77. The van der Waals surface area contributed by atoms with Crippen LogP contribution < -0.4 is 0 Å². The highest BCUT2D eigenvalue weighted by molar-refractivity contribution is 5.77. The molecule has 0 heterocycles. The predicted molar refractivity (Wildman–Crippen MR) is 73.7 cm³/mol. The van der Waals surface area contributed by atoms with Crippen molar-refractivity contribution in [2.24, 2.45) is 11.8 Å². The fourth-order valence-electron chi connectivity index (χ4n) is 3.77. The average Bonchev–Trinajstić information content (AvgIpc) is 2.75. The lowest BCUT2D eigenvalue weighted by Crippen LogP contribution is -2.25. The molecule has 2 aliphatic rings. The van der Waals surface area contributed by atoms with E-state index in [1.807, 2.05) is 0 Å². The molecule has 2 atom stereocenters. The maximum absolute atomic E-state index is 2.30. The summed E-state index contributed by atoms with van der Waals surface area (Å²) >= 11 is 0. The molecule has 3 rings (SSSR count). The van der Waals surface area contributed by atoms with E-state index in [1.165, 1.54) is 44.1 Å². The van der Waals surface area contributed by atoms with Gasteiger partial charge in [-0.25, -0.2) is 0 Å². The van der Waals surface area contributed by atoms with Crippen LogP contribution in [0.4, 0.5) is 0 Å². The van der Waals surface area contributed by atoms with Gasteiger partial charge in [0.15, 0.2) is 0 Å². The Morgan fingerprint density at radius 2 is 1.82 bits per heavy atom. The molecule has 1 aromatic rings. The quantitative estimate of drug-likeness (QED) is 0.673. The lowest BCUT2D eigenvalue weighted by Gasteiger charge is -2.38. The standard InChI is InChI=1S/C17H22/c1-2-3-10-15-14-11-7-12-16(14)17(15)13-8-5-4-6-9-13/h4-6,8-9,14,16H,2-3,7,10-12H2,1H3/t14-,16-/m0/s1. The molecule has 17 heavy (non-hydrogen) atoms. The van der Waals surface area contributed by atoms with Crippen molar-refractivity contribution in [2.45, 2.75) is 45.4 Å². The lowest BCUT2D eigenvalue weighted by molar-refractivity contribution is 0.460. The largest absolute Gasteiger partial charge is 0.0654 e. The van der Waals surface area contributed by atoms with Crippen LogP contribution in [0.25, 0.3) is 5.57 Å². The summed E-state index contributed by atoms with van der Waals surface area (Å²) in [4.78, 5) is 0. The van der Waals surface area contributed by atoms with Gasteiger partial charge in [-0.15, -0.1) is 0 Å². The average molecular weight is 226 g/mol. The van der Waals surface area contributed by atoms with Crippen molar-refractivity contribution in [3.8, 4) is 0 Å². The van der Waals surface area contributed by atoms with Crippen molar-refractivity contribution in [1.29, 1.82) is 0 Å². The topological polar surface area (TPSA) is 0 Å². The molecule has 0 N–H and O–H groups in total. The van der Waals surface area contributed by atoms with Gasteiger partial charge in [-0.2, -0.15) is 0 Å². The van der Waals surface area contributed by atoms with Crippen LogP contribution in [-0.2, 0) is 0 Å². The number of hydrogen-bond donors (Lipinski definition) is 0. The Balaban J connectivity index is 1.90. The highest BCUT2D eigenvalue weighted by atomic mass is 14.5. The number of allylic oxidation sites excluding steroid dienone is 2. The molecule has 1 fully saturated rings. The summed E-state index contributed by atoms with van der Waals surface area (Å²) in [7, 11) is 0. The zero-order chi connectivity index (χ0) is 11.7. The SMILES string of the molecule is CCCCC1=C(c2ccccc2)[C@H]2CCC[C@@H]12. The molecule has 0 spiro atoms. The summed E-state index contributed by atoms with van der Waals surface area (Å²) in [5, 5.41) is 0. The molecule has 0 radical (unpaired) electrons. The zero-order valence-electron chi connectivity index (χ0n) is 10.8. The van der Waals surface area contributed by atoms with Crippen LogP contribution in [0.15, 0.2) is 35.9 Å². The zero-order valence-corrected chi connectivity index (χ0v) is 10.8. The van der Waals surface area contributed by atoms with E-state index in [0.29, 0.717) is 0 Å². The van der Waals surface area contributed by atoms with Crippen LogP contribution in [0.1, 0.15) is 51.0 Å². The molecule has 0 heteroatoms. The highest BCUT2D eigenvalue weighted by Gasteiger charge is 2.42. The summed E-state index contributed by atoms with van der Waals surface area (Å²) in [5.41, 5.74) is 5.03. The van der Waals surface area contributed by atoms with Crippen LogP contribution in [0.5, 0.6) is 0 Å². The fraction of sp³-hybridized carbons (Fsp3) is 0.529. The minimum atomic E-state index is 0.907. The third-order valence-corrected chi connectivity index (χ3v) is 4.56. The minimum absolute atomic E-state index is 0.907. The third kappa shape index (κ3) is 1.84. The molecule has 1 aromatic carbocycles. The van der Waals surface area contributed by atoms with Crippen molar-refractivity contribution < 1.29 is 0 Å². The lowest BCUT2D eigenvalue weighted by atomic mass is 9.66. The van der Waals surface area contributed by atoms with Gasteiger partial charge in [0.05, 0.1) is 0 Å². The summed E-state index contributed by atoms with van der Waals surface area (Å²) in [6.07, 6.45) is 8.38. The van der Waals surface area contributed by atoms with E-state index in [-0.39, 0.29) is 0 Å². The normalized spacial score (nSPS) is 26.9. The van der Waals surface area contributed by atoms with Crippen LogP contribution in [0.2, 0.25) is 0 Å². The summed E-state index contributed by atoms with van der Waals surface area (Å²) in [5.74, 6) is 1.86. The first-order valence-corrected chi connectivity index (χ1v) is 7.20. The van der Waals surface area contributed by atoms with Gasteiger partial charge in [-0.1, -0.05) is 55.7 Å². The second-order valence-corrected chi connectivity index (χ2v) is 5.55. The van der Waals surface area contributed by atoms with Crippen LogP contribution in [0.3, 0.4) is 0 Å². The molecule has 1 saturated carbocycles. The van der Waals surface area contributed by atoms with Gasteiger partial charge in [0, 0.05) is 0 Å². The van der Waals surface area contributed by atoms with Crippen LogP contribution >= 0.6 is 0 Å². The number of benzene rings is 1. The second kappa shape index (κ2) is 4.68. The molecule has 0 bridgehead atoms. The van der Waals surface area contributed by atoms with Crippen molar-refractivity contribution in [3.63, 3.8) is 0 Å². The first-order valence-electron chi connectivity index (χ1n) is 7.20. The van der Waals surface area contributed by atoms with E-state index in [0.717, 1.165) is 11.8 Å². The van der Waals surface area contributed by atoms with Crippen molar-refractivity contribution in [1.82, 2.24) is 0 Å². The van der Waals surface area contributed by atoms with E-state index in [4.69, 9.17) is 0 Å². The second-order valence-electron chi connectivity index (χ2n) is 5.55. The Hall–Kier alpha value is -1.04. The van der Waals surface area contributed by atoms with Gasteiger partial charge in [-0.05, 0) is 48.7 Å². The first kappa shape index (κ1) is 11.1. The van der Waals surface area contributed by atoms with Gasteiger partial charge in [-0.3, -0.25) is 0 Å². The van der Waals surface area contributed by atoms with Gasteiger partial charge >= 0.3 is 0 Å². The van der Waals surface area contributed by atoms with Crippen molar-refractivity contribution in [3.05, 3.63) is 41.5 Å². The van der Waals surface area contributed by atoms with Crippen LogP contribution in [-0.4, -0.2) is 0 Å². The van der Waals surface area contributed by atoms with Gasteiger partial charge < -0.3 is 0 Å². The van der Waals surface area contributed by atoms with Crippen molar-refractivity contribution in [2.75, 3.05) is 0 Å². The van der Waals surface area contributed by atoms with E-state index in [9.17, 15) is 0 Å². The van der Waals surface area contributed by atoms with Crippen LogP contribution in [0, 0.1) is 11.8 Å².